The van der Waals surface area contributed by atoms with Gasteiger partial charge in [-0.25, -0.2) is 0 Å². The van der Waals surface area contributed by atoms with Crippen molar-refractivity contribution in [1.29, 1.82) is 0 Å². The molecule has 3 aliphatic heterocycles. The summed E-state index contributed by atoms with van der Waals surface area (Å²) < 4.78 is 5.89. The Bertz CT molecular complexity index is 222. The molecule has 3 aliphatic rings. The molecule has 0 aromatic heterocycles. The number of rotatable bonds is 2. The molecule has 3 fully saturated rings. The van der Waals surface area contributed by atoms with E-state index in [2.05, 4.69) is 17.1 Å². The van der Waals surface area contributed by atoms with Crippen molar-refractivity contribution in [3.05, 3.63) is 0 Å². The Kier molecular flexibility index (Phi) is 2.71. The van der Waals surface area contributed by atoms with Gasteiger partial charge in [0.2, 0.25) is 0 Å². The lowest BCUT2D eigenvalue weighted by atomic mass is 10.0. The molecule has 0 spiro atoms. The monoisotopic (exact) mass is 210 g/mol. The van der Waals surface area contributed by atoms with E-state index in [9.17, 15) is 0 Å². The SMILES string of the molecule is CC1CCC(CN2CC3CNCC3C2)O1. The zero-order valence-corrected chi connectivity index (χ0v) is 9.61. The van der Waals surface area contributed by atoms with E-state index in [1.54, 1.807) is 0 Å². The van der Waals surface area contributed by atoms with Crippen molar-refractivity contribution in [2.75, 3.05) is 32.7 Å². The molecular formula is C12H22N2O. The standard InChI is InChI=1S/C12H22N2O/c1-9-2-3-12(15-9)8-14-6-10-4-13-5-11(10)7-14/h9-13H,2-8H2,1H3. The third-order valence-electron chi connectivity index (χ3n) is 4.25. The van der Waals surface area contributed by atoms with Crippen molar-refractivity contribution in [1.82, 2.24) is 10.2 Å². The van der Waals surface area contributed by atoms with Gasteiger partial charge < -0.3 is 15.0 Å². The van der Waals surface area contributed by atoms with Crippen LogP contribution in [0.15, 0.2) is 0 Å². The van der Waals surface area contributed by atoms with Crippen LogP contribution < -0.4 is 5.32 Å². The van der Waals surface area contributed by atoms with Gasteiger partial charge in [0, 0.05) is 19.6 Å². The topological polar surface area (TPSA) is 24.5 Å². The van der Waals surface area contributed by atoms with E-state index in [0.717, 1.165) is 11.8 Å². The van der Waals surface area contributed by atoms with E-state index < -0.39 is 0 Å². The van der Waals surface area contributed by atoms with Crippen molar-refractivity contribution in [3.8, 4) is 0 Å². The maximum atomic E-state index is 5.89. The minimum absolute atomic E-state index is 0.499. The molecule has 0 aromatic rings. The summed E-state index contributed by atoms with van der Waals surface area (Å²) in [5, 5.41) is 3.49. The van der Waals surface area contributed by atoms with Crippen LogP contribution in [0, 0.1) is 11.8 Å². The smallest absolute Gasteiger partial charge is 0.0706 e. The van der Waals surface area contributed by atoms with Gasteiger partial charge in [0.1, 0.15) is 0 Å². The van der Waals surface area contributed by atoms with Gasteiger partial charge in [-0.15, -0.1) is 0 Å². The Morgan fingerprint density at radius 1 is 1.20 bits per heavy atom. The van der Waals surface area contributed by atoms with Crippen molar-refractivity contribution in [3.63, 3.8) is 0 Å². The second-order valence-electron chi connectivity index (χ2n) is 5.54. The van der Waals surface area contributed by atoms with E-state index >= 15 is 0 Å². The van der Waals surface area contributed by atoms with Gasteiger partial charge in [-0.1, -0.05) is 0 Å². The number of fused-ring (bicyclic) bond motifs is 1. The van der Waals surface area contributed by atoms with Gasteiger partial charge in [-0.2, -0.15) is 0 Å². The maximum Gasteiger partial charge on any atom is 0.0706 e. The fraction of sp³-hybridized carbons (Fsp3) is 1.00. The predicted molar refractivity (Wildman–Crippen MR) is 59.9 cm³/mol. The summed E-state index contributed by atoms with van der Waals surface area (Å²) in [5.74, 6) is 1.84. The van der Waals surface area contributed by atoms with Crippen molar-refractivity contribution in [2.24, 2.45) is 11.8 Å². The minimum Gasteiger partial charge on any atom is -0.374 e. The maximum absolute atomic E-state index is 5.89. The normalized spacial score (nSPS) is 46.2. The van der Waals surface area contributed by atoms with Crippen LogP contribution >= 0.6 is 0 Å². The molecule has 3 heteroatoms. The van der Waals surface area contributed by atoms with Crippen LogP contribution in [-0.2, 0) is 4.74 Å². The fourth-order valence-corrected chi connectivity index (χ4v) is 3.41. The number of hydrogen-bond acceptors (Lipinski definition) is 3. The average molecular weight is 210 g/mol. The Morgan fingerprint density at radius 3 is 2.53 bits per heavy atom. The molecule has 0 aliphatic carbocycles. The molecule has 3 heterocycles. The molecule has 15 heavy (non-hydrogen) atoms. The van der Waals surface area contributed by atoms with Crippen LogP contribution in [0.3, 0.4) is 0 Å². The molecule has 3 saturated heterocycles. The fourth-order valence-electron chi connectivity index (χ4n) is 3.41. The molecule has 0 amide bonds. The Labute approximate surface area is 92.2 Å². The van der Waals surface area contributed by atoms with Crippen molar-refractivity contribution in [2.45, 2.75) is 32.0 Å². The minimum atomic E-state index is 0.499. The Hall–Kier alpha value is -0.120. The van der Waals surface area contributed by atoms with Crippen molar-refractivity contribution < 1.29 is 4.74 Å². The first-order chi connectivity index (χ1) is 7.31. The highest BCUT2D eigenvalue weighted by Crippen LogP contribution is 2.28. The van der Waals surface area contributed by atoms with E-state index in [1.807, 2.05) is 0 Å². The van der Waals surface area contributed by atoms with Crippen LogP contribution in [-0.4, -0.2) is 49.8 Å². The van der Waals surface area contributed by atoms with Gasteiger partial charge in [-0.3, -0.25) is 0 Å². The average Bonchev–Trinajstić information content (AvgIpc) is 2.81. The van der Waals surface area contributed by atoms with Crippen molar-refractivity contribution >= 4 is 0 Å². The van der Waals surface area contributed by atoms with E-state index in [4.69, 9.17) is 4.74 Å². The number of ether oxygens (including phenoxy) is 1. The summed E-state index contributed by atoms with van der Waals surface area (Å²) in [6, 6.07) is 0. The largest absolute Gasteiger partial charge is 0.374 e. The number of nitrogens with one attached hydrogen (secondary N) is 1. The first-order valence-electron chi connectivity index (χ1n) is 6.40. The highest BCUT2D eigenvalue weighted by Gasteiger charge is 2.37. The second kappa shape index (κ2) is 4.04. The van der Waals surface area contributed by atoms with Crippen LogP contribution in [0.1, 0.15) is 19.8 Å². The van der Waals surface area contributed by atoms with E-state index in [0.29, 0.717) is 12.2 Å². The van der Waals surface area contributed by atoms with Crippen LogP contribution in [0.25, 0.3) is 0 Å². The number of nitrogens with zero attached hydrogens (tertiary/aromatic N) is 1. The number of hydrogen-bond donors (Lipinski definition) is 1. The molecule has 86 valence electrons. The molecule has 0 aromatic carbocycles. The first-order valence-corrected chi connectivity index (χ1v) is 6.40. The lowest BCUT2D eigenvalue weighted by molar-refractivity contribution is 0.0348. The molecule has 0 bridgehead atoms. The highest BCUT2D eigenvalue weighted by atomic mass is 16.5. The molecule has 3 rings (SSSR count). The highest BCUT2D eigenvalue weighted by molar-refractivity contribution is 4.92. The second-order valence-corrected chi connectivity index (χ2v) is 5.54. The van der Waals surface area contributed by atoms with Gasteiger partial charge >= 0.3 is 0 Å². The molecule has 1 N–H and O–H groups in total. The zero-order chi connectivity index (χ0) is 10.3. The predicted octanol–water partition coefficient (Wildman–Crippen LogP) is 0.705. The molecule has 3 nitrogen and oxygen atoms in total. The summed E-state index contributed by atoms with van der Waals surface area (Å²) in [5.41, 5.74) is 0. The summed E-state index contributed by atoms with van der Waals surface area (Å²) in [7, 11) is 0. The van der Waals surface area contributed by atoms with E-state index in [1.165, 1.54) is 45.6 Å². The van der Waals surface area contributed by atoms with Gasteiger partial charge in [0.15, 0.2) is 0 Å². The summed E-state index contributed by atoms with van der Waals surface area (Å²) in [6.45, 7) is 8.45. The van der Waals surface area contributed by atoms with Crippen LogP contribution in [0.2, 0.25) is 0 Å². The summed E-state index contributed by atoms with van der Waals surface area (Å²) in [4.78, 5) is 2.62. The van der Waals surface area contributed by atoms with Gasteiger partial charge in [0.25, 0.3) is 0 Å². The molecule has 4 atom stereocenters. The Balaban J connectivity index is 1.49. The van der Waals surface area contributed by atoms with E-state index in [-0.39, 0.29) is 0 Å². The molecule has 4 unspecified atom stereocenters. The molecule has 0 radical (unpaired) electrons. The summed E-state index contributed by atoms with van der Waals surface area (Å²) >= 11 is 0. The number of likely N-dealkylation sites (tertiary alicyclic amines) is 1. The first kappa shape index (κ1) is 10.1. The molecular weight excluding hydrogens is 188 g/mol. The lowest BCUT2D eigenvalue weighted by Crippen LogP contribution is -2.33. The van der Waals surface area contributed by atoms with Gasteiger partial charge in [0.05, 0.1) is 12.2 Å². The third kappa shape index (κ3) is 2.05. The Morgan fingerprint density at radius 2 is 1.93 bits per heavy atom. The van der Waals surface area contributed by atoms with Crippen LogP contribution in [0.4, 0.5) is 0 Å². The van der Waals surface area contributed by atoms with Gasteiger partial charge in [-0.05, 0) is 44.7 Å². The van der Waals surface area contributed by atoms with Crippen LogP contribution in [0.5, 0.6) is 0 Å². The lowest BCUT2D eigenvalue weighted by Gasteiger charge is -2.21. The third-order valence-corrected chi connectivity index (χ3v) is 4.25. The quantitative estimate of drug-likeness (QED) is 0.726. The summed E-state index contributed by atoms with van der Waals surface area (Å²) in [6.07, 6.45) is 3.54. The molecule has 0 saturated carbocycles. The zero-order valence-electron chi connectivity index (χ0n) is 9.61.